The average Bonchev–Trinajstić information content (AvgIpc) is 2.17. The summed E-state index contributed by atoms with van der Waals surface area (Å²) in [5, 5.41) is 6.31. The lowest BCUT2D eigenvalue weighted by atomic mass is 10.6. The summed E-state index contributed by atoms with van der Waals surface area (Å²) in [5.41, 5.74) is 1.38. The summed E-state index contributed by atoms with van der Waals surface area (Å²) >= 11 is 0. The van der Waals surface area contributed by atoms with Gasteiger partial charge in [-0.3, -0.25) is 5.32 Å². The molecule has 2 rings (SSSR count). The highest BCUT2D eigenvalue weighted by molar-refractivity contribution is 5.28. The van der Waals surface area contributed by atoms with E-state index in [-0.39, 0.29) is 0 Å². The van der Waals surface area contributed by atoms with E-state index in [1.165, 1.54) is 5.70 Å². The predicted molar refractivity (Wildman–Crippen MR) is 23.0 cm³/mol. The summed E-state index contributed by atoms with van der Waals surface area (Å²) in [7, 11) is 0. The molecular weight excluding hydrogens is 76.1 g/mol. The SMILES string of the molecule is C1=C2NC2NC1. The Balaban J connectivity index is 2.35. The van der Waals surface area contributed by atoms with Crippen molar-refractivity contribution >= 4 is 0 Å². The van der Waals surface area contributed by atoms with Crippen LogP contribution < -0.4 is 10.6 Å². The molecule has 2 aliphatic rings. The topological polar surface area (TPSA) is 34.0 Å². The molecule has 0 spiro atoms. The average molecular weight is 82.1 g/mol. The summed E-state index contributed by atoms with van der Waals surface area (Å²) in [6.07, 6.45) is 2.75. The molecule has 0 aromatic heterocycles. The summed E-state index contributed by atoms with van der Waals surface area (Å²) in [4.78, 5) is 0. The van der Waals surface area contributed by atoms with Crippen molar-refractivity contribution < 1.29 is 0 Å². The van der Waals surface area contributed by atoms with Crippen LogP contribution in [-0.4, -0.2) is 12.7 Å². The van der Waals surface area contributed by atoms with Crippen LogP contribution in [0.2, 0.25) is 0 Å². The first-order valence-electron chi connectivity index (χ1n) is 2.17. The first-order chi connectivity index (χ1) is 2.97. The molecule has 2 heterocycles. The monoisotopic (exact) mass is 82.1 g/mol. The number of nitrogens with one attached hydrogen (secondary N) is 2. The number of fused-ring (bicyclic) bond motifs is 1. The number of hydrogen-bond acceptors (Lipinski definition) is 2. The Morgan fingerprint density at radius 2 is 2.83 bits per heavy atom. The van der Waals surface area contributed by atoms with Gasteiger partial charge in [-0.05, 0) is 6.08 Å². The third-order valence-corrected chi connectivity index (χ3v) is 1.18. The molecule has 6 heavy (non-hydrogen) atoms. The highest BCUT2D eigenvalue weighted by atomic mass is 15.3. The van der Waals surface area contributed by atoms with E-state index < -0.39 is 0 Å². The minimum absolute atomic E-state index is 0.574. The fourth-order valence-electron chi connectivity index (χ4n) is 0.749. The maximum absolute atomic E-state index is 3.19. The first kappa shape index (κ1) is 2.64. The molecule has 2 N–H and O–H groups in total. The summed E-state index contributed by atoms with van der Waals surface area (Å²) in [6.45, 7) is 1.06. The molecule has 1 atom stereocenters. The highest BCUT2D eigenvalue weighted by Crippen LogP contribution is 2.15. The molecule has 0 radical (unpaired) electrons. The van der Waals surface area contributed by atoms with Crippen molar-refractivity contribution in [3.8, 4) is 0 Å². The minimum Gasteiger partial charge on any atom is -0.366 e. The lowest BCUT2D eigenvalue weighted by Gasteiger charge is -1.84. The van der Waals surface area contributed by atoms with Gasteiger partial charge in [0.25, 0.3) is 0 Å². The number of hydrogen-bond donors (Lipinski definition) is 2. The van der Waals surface area contributed by atoms with E-state index in [2.05, 4.69) is 16.7 Å². The quantitative estimate of drug-likeness (QED) is 0.383. The molecule has 1 fully saturated rings. The van der Waals surface area contributed by atoms with E-state index in [0.717, 1.165) is 6.54 Å². The largest absolute Gasteiger partial charge is 0.366 e. The van der Waals surface area contributed by atoms with Gasteiger partial charge >= 0.3 is 0 Å². The van der Waals surface area contributed by atoms with Gasteiger partial charge in [0.2, 0.25) is 0 Å². The van der Waals surface area contributed by atoms with Crippen molar-refractivity contribution in [2.24, 2.45) is 0 Å². The van der Waals surface area contributed by atoms with Crippen LogP contribution in [0.4, 0.5) is 0 Å². The Morgan fingerprint density at radius 3 is 3.00 bits per heavy atom. The molecule has 0 saturated carbocycles. The lowest BCUT2D eigenvalue weighted by molar-refractivity contribution is 0.763. The fraction of sp³-hybridized carbons (Fsp3) is 0.500. The summed E-state index contributed by atoms with van der Waals surface area (Å²) in [5.74, 6) is 0. The molecule has 2 heteroatoms. The molecule has 0 aliphatic carbocycles. The van der Waals surface area contributed by atoms with Crippen molar-refractivity contribution in [2.75, 3.05) is 6.54 Å². The van der Waals surface area contributed by atoms with Crippen LogP contribution in [0.25, 0.3) is 0 Å². The van der Waals surface area contributed by atoms with Crippen molar-refractivity contribution in [3.63, 3.8) is 0 Å². The van der Waals surface area contributed by atoms with E-state index >= 15 is 0 Å². The molecule has 1 saturated heterocycles. The van der Waals surface area contributed by atoms with Gasteiger partial charge < -0.3 is 5.32 Å². The molecule has 0 aromatic rings. The van der Waals surface area contributed by atoms with Crippen molar-refractivity contribution in [2.45, 2.75) is 6.17 Å². The molecule has 1 unspecified atom stereocenters. The van der Waals surface area contributed by atoms with E-state index in [9.17, 15) is 0 Å². The molecule has 2 aliphatic heterocycles. The van der Waals surface area contributed by atoms with Crippen molar-refractivity contribution in [3.05, 3.63) is 11.8 Å². The molecule has 0 bridgehead atoms. The molecule has 0 amide bonds. The van der Waals surface area contributed by atoms with Crippen LogP contribution in [0.1, 0.15) is 0 Å². The Morgan fingerprint density at radius 1 is 1.83 bits per heavy atom. The van der Waals surface area contributed by atoms with Crippen LogP contribution in [-0.2, 0) is 0 Å². The zero-order valence-corrected chi connectivity index (χ0v) is 3.36. The second-order valence-electron chi connectivity index (χ2n) is 1.65. The first-order valence-corrected chi connectivity index (χ1v) is 2.17. The normalized spacial score (nSPS) is 37.3. The minimum atomic E-state index is 0.574. The third-order valence-electron chi connectivity index (χ3n) is 1.18. The highest BCUT2D eigenvalue weighted by Gasteiger charge is 2.30. The molecular formula is C4H6N2. The van der Waals surface area contributed by atoms with E-state index in [1.54, 1.807) is 0 Å². The Hall–Kier alpha value is -0.500. The van der Waals surface area contributed by atoms with Crippen molar-refractivity contribution in [1.82, 2.24) is 10.6 Å². The van der Waals surface area contributed by atoms with E-state index in [0.29, 0.717) is 6.17 Å². The smallest absolute Gasteiger partial charge is 0.118 e. The summed E-state index contributed by atoms with van der Waals surface area (Å²) < 4.78 is 0. The van der Waals surface area contributed by atoms with Crippen LogP contribution in [0, 0.1) is 0 Å². The van der Waals surface area contributed by atoms with E-state index in [1.807, 2.05) is 0 Å². The Bertz CT molecular complexity index is 106. The predicted octanol–water partition coefficient (Wildman–Crippen LogP) is -0.597. The van der Waals surface area contributed by atoms with Gasteiger partial charge in [0, 0.05) is 12.2 Å². The van der Waals surface area contributed by atoms with Crippen LogP contribution >= 0.6 is 0 Å². The molecule has 32 valence electrons. The maximum Gasteiger partial charge on any atom is 0.118 e. The Kier molecular flexibility index (Phi) is 0.268. The zero-order valence-electron chi connectivity index (χ0n) is 3.36. The fourth-order valence-corrected chi connectivity index (χ4v) is 0.749. The van der Waals surface area contributed by atoms with Gasteiger partial charge in [0.1, 0.15) is 6.17 Å². The second-order valence-corrected chi connectivity index (χ2v) is 1.65. The van der Waals surface area contributed by atoms with Crippen molar-refractivity contribution in [1.29, 1.82) is 0 Å². The van der Waals surface area contributed by atoms with Gasteiger partial charge in [-0.2, -0.15) is 0 Å². The van der Waals surface area contributed by atoms with Gasteiger partial charge in [0.05, 0.1) is 0 Å². The number of rotatable bonds is 0. The molecule has 0 aromatic carbocycles. The van der Waals surface area contributed by atoms with Gasteiger partial charge in [-0.25, -0.2) is 0 Å². The third kappa shape index (κ3) is 0.165. The van der Waals surface area contributed by atoms with E-state index in [4.69, 9.17) is 0 Å². The molecule has 2 nitrogen and oxygen atoms in total. The van der Waals surface area contributed by atoms with Crippen LogP contribution in [0.15, 0.2) is 11.8 Å². The van der Waals surface area contributed by atoms with Crippen LogP contribution in [0.5, 0.6) is 0 Å². The van der Waals surface area contributed by atoms with Gasteiger partial charge in [-0.15, -0.1) is 0 Å². The maximum atomic E-state index is 3.19. The van der Waals surface area contributed by atoms with Crippen LogP contribution in [0.3, 0.4) is 0 Å². The Labute approximate surface area is 36.2 Å². The lowest BCUT2D eigenvalue weighted by Crippen LogP contribution is -2.16. The van der Waals surface area contributed by atoms with Gasteiger partial charge in [-0.1, -0.05) is 0 Å². The summed E-state index contributed by atoms with van der Waals surface area (Å²) in [6, 6.07) is 0. The van der Waals surface area contributed by atoms with Gasteiger partial charge in [0.15, 0.2) is 0 Å². The zero-order chi connectivity index (χ0) is 3.98. The second kappa shape index (κ2) is 0.611. The standard InChI is InChI=1S/C4H6N2/c1-2-5-4-3(1)6-4/h1,4-6H,2H2.